The zero-order valence-corrected chi connectivity index (χ0v) is 20.8. The minimum absolute atomic E-state index is 0.0410. The Morgan fingerprint density at radius 3 is 2.43 bits per heavy atom. The Morgan fingerprint density at radius 1 is 0.838 bits per heavy atom. The van der Waals surface area contributed by atoms with Crippen LogP contribution in [0.3, 0.4) is 0 Å². The first-order chi connectivity index (χ1) is 18.0. The van der Waals surface area contributed by atoms with Crippen LogP contribution in [-0.4, -0.2) is 30.6 Å². The number of carbonyl (C=O) groups is 2. The molecule has 1 aliphatic rings. The predicted molar refractivity (Wildman–Crippen MR) is 140 cm³/mol. The predicted octanol–water partition coefficient (Wildman–Crippen LogP) is 5.36. The molecule has 2 heterocycles. The SMILES string of the molecule is Cc1ccc(CN(C(=O)c2ccc3c(c2)OCO3)c2cccc(CC(=O)N(C)Cc3ccco3)c2)cc1. The van der Waals surface area contributed by atoms with Crippen molar-refractivity contribution in [1.82, 2.24) is 4.90 Å². The number of furan rings is 1. The van der Waals surface area contributed by atoms with E-state index in [2.05, 4.69) is 0 Å². The van der Waals surface area contributed by atoms with Gasteiger partial charge in [-0.2, -0.15) is 0 Å². The molecule has 0 saturated heterocycles. The number of hydrogen-bond acceptors (Lipinski definition) is 5. The summed E-state index contributed by atoms with van der Waals surface area (Å²) in [7, 11) is 1.75. The molecule has 188 valence electrons. The minimum Gasteiger partial charge on any atom is -0.467 e. The molecule has 37 heavy (non-hydrogen) atoms. The van der Waals surface area contributed by atoms with Crippen molar-refractivity contribution in [3.05, 3.63) is 113 Å². The van der Waals surface area contributed by atoms with E-state index in [1.807, 2.05) is 61.5 Å². The topological polar surface area (TPSA) is 72.2 Å². The molecule has 4 aromatic rings. The number of ether oxygens (including phenoxy) is 2. The first kappa shape index (κ1) is 24.2. The van der Waals surface area contributed by atoms with E-state index in [0.717, 1.165) is 22.5 Å². The van der Waals surface area contributed by atoms with Crippen LogP contribution in [0.5, 0.6) is 11.5 Å². The molecule has 0 fully saturated rings. The number of nitrogens with zero attached hydrogens (tertiary/aromatic N) is 2. The van der Waals surface area contributed by atoms with E-state index < -0.39 is 0 Å². The molecule has 0 bridgehead atoms. The number of aryl methyl sites for hydroxylation is 1. The van der Waals surface area contributed by atoms with Gasteiger partial charge in [0.15, 0.2) is 11.5 Å². The monoisotopic (exact) mass is 496 g/mol. The summed E-state index contributed by atoms with van der Waals surface area (Å²) in [6, 6.07) is 24.5. The lowest BCUT2D eigenvalue weighted by Gasteiger charge is -2.24. The third-order valence-electron chi connectivity index (χ3n) is 6.30. The summed E-state index contributed by atoms with van der Waals surface area (Å²) in [5.41, 5.74) is 4.18. The van der Waals surface area contributed by atoms with Crippen LogP contribution in [0, 0.1) is 6.92 Å². The maximum Gasteiger partial charge on any atom is 0.258 e. The average Bonchev–Trinajstić information content (AvgIpc) is 3.59. The Hall–Kier alpha value is -4.52. The quantitative estimate of drug-likeness (QED) is 0.328. The Bertz CT molecular complexity index is 1400. The first-order valence-corrected chi connectivity index (χ1v) is 12.1. The highest BCUT2D eigenvalue weighted by Crippen LogP contribution is 2.33. The lowest BCUT2D eigenvalue weighted by molar-refractivity contribution is -0.129. The van der Waals surface area contributed by atoms with E-state index in [1.165, 1.54) is 0 Å². The zero-order valence-electron chi connectivity index (χ0n) is 20.8. The molecule has 7 heteroatoms. The van der Waals surface area contributed by atoms with Crippen LogP contribution in [0.1, 0.15) is 32.8 Å². The smallest absolute Gasteiger partial charge is 0.258 e. The van der Waals surface area contributed by atoms with E-state index in [4.69, 9.17) is 13.9 Å². The third-order valence-corrected chi connectivity index (χ3v) is 6.30. The second kappa shape index (κ2) is 10.6. The minimum atomic E-state index is -0.169. The largest absolute Gasteiger partial charge is 0.467 e. The molecular formula is C30H28N2O5. The number of hydrogen-bond donors (Lipinski definition) is 0. The Morgan fingerprint density at radius 2 is 1.65 bits per heavy atom. The van der Waals surface area contributed by atoms with Gasteiger partial charge in [0.25, 0.3) is 5.91 Å². The number of anilines is 1. The van der Waals surface area contributed by atoms with Crippen LogP contribution < -0.4 is 14.4 Å². The van der Waals surface area contributed by atoms with Gasteiger partial charge in [-0.15, -0.1) is 0 Å². The highest BCUT2D eigenvalue weighted by molar-refractivity contribution is 6.06. The van der Waals surface area contributed by atoms with Gasteiger partial charge in [-0.1, -0.05) is 42.0 Å². The maximum absolute atomic E-state index is 13.8. The highest BCUT2D eigenvalue weighted by atomic mass is 16.7. The molecule has 1 aromatic heterocycles. The lowest BCUT2D eigenvalue weighted by Crippen LogP contribution is -2.31. The Kier molecular flexibility index (Phi) is 6.94. The van der Waals surface area contributed by atoms with Gasteiger partial charge in [-0.05, 0) is 60.5 Å². The summed E-state index contributed by atoms with van der Waals surface area (Å²) >= 11 is 0. The maximum atomic E-state index is 13.8. The van der Waals surface area contributed by atoms with Gasteiger partial charge in [-0.3, -0.25) is 9.59 Å². The van der Waals surface area contributed by atoms with Gasteiger partial charge < -0.3 is 23.7 Å². The fourth-order valence-corrected chi connectivity index (χ4v) is 4.21. The molecule has 1 aliphatic heterocycles. The molecule has 5 rings (SSSR count). The number of fused-ring (bicyclic) bond motifs is 1. The number of amides is 2. The molecule has 0 spiro atoms. The first-order valence-electron chi connectivity index (χ1n) is 12.1. The van der Waals surface area contributed by atoms with Crippen LogP contribution in [0.25, 0.3) is 0 Å². The standard InChI is InChI=1S/C30H28N2O5/c1-21-8-10-22(11-9-21)18-32(30(34)24-12-13-27-28(17-24)37-20-36-27)25-6-3-5-23(15-25)16-29(33)31(2)19-26-7-4-14-35-26/h3-15,17H,16,18-20H2,1-2H3. The number of carbonyl (C=O) groups excluding carboxylic acids is 2. The Labute approximate surface area is 215 Å². The van der Waals surface area contributed by atoms with Gasteiger partial charge in [0.2, 0.25) is 12.7 Å². The molecule has 0 unspecified atom stereocenters. The van der Waals surface area contributed by atoms with Crippen LogP contribution in [0.2, 0.25) is 0 Å². The molecule has 0 N–H and O–H groups in total. The number of rotatable bonds is 8. The van der Waals surface area contributed by atoms with E-state index in [0.29, 0.717) is 35.8 Å². The van der Waals surface area contributed by atoms with Crippen molar-refractivity contribution >= 4 is 17.5 Å². The molecule has 0 atom stereocenters. The summed E-state index contributed by atoms with van der Waals surface area (Å²) in [5, 5.41) is 0. The zero-order chi connectivity index (χ0) is 25.8. The Balaban J connectivity index is 1.40. The summed E-state index contributed by atoms with van der Waals surface area (Å²) in [6.45, 7) is 2.95. The second-order valence-corrected chi connectivity index (χ2v) is 9.12. The molecule has 7 nitrogen and oxygen atoms in total. The van der Waals surface area contributed by atoms with E-state index in [9.17, 15) is 9.59 Å². The number of benzene rings is 3. The van der Waals surface area contributed by atoms with Gasteiger partial charge in [0, 0.05) is 18.3 Å². The highest BCUT2D eigenvalue weighted by Gasteiger charge is 2.23. The van der Waals surface area contributed by atoms with Gasteiger partial charge in [-0.25, -0.2) is 0 Å². The fraction of sp³-hybridized carbons (Fsp3) is 0.200. The van der Waals surface area contributed by atoms with Crippen LogP contribution in [0.4, 0.5) is 5.69 Å². The van der Waals surface area contributed by atoms with Crippen molar-refractivity contribution in [2.24, 2.45) is 0 Å². The van der Waals surface area contributed by atoms with E-state index in [1.54, 1.807) is 47.4 Å². The van der Waals surface area contributed by atoms with Crippen molar-refractivity contribution in [2.45, 2.75) is 26.4 Å². The van der Waals surface area contributed by atoms with Crippen molar-refractivity contribution < 1.29 is 23.5 Å². The van der Waals surface area contributed by atoms with Crippen LogP contribution in [-0.2, 0) is 24.3 Å². The molecule has 0 aliphatic carbocycles. The van der Waals surface area contributed by atoms with E-state index in [-0.39, 0.29) is 25.0 Å². The molecule has 2 amide bonds. The molecule has 0 saturated carbocycles. The summed E-state index contributed by atoms with van der Waals surface area (Å²) in [5.74, 6) is 1.70. The average molecular weight is 497 g/mol. The van der Waals surface area contributed by atoms with Crippen LogP contribution in [0.15, 0.2) is 89.5 Å². The van der Waals surface area contributed by atoms with Crippen molar-refractivity contribution in [1.29, 1.82) is 0 Å². The van der Waals surface area contributed by atoms with Gasteiger partial charge >= 0.3 is 0 Å². The lowest BCUT2D eigenvalue weighted by atomic mass is 10.1. The van der Waals surface area contributed by atoms with Crippen molar-refractivity contribution in [3.8, 4) is 11.5 Å². The molecule has 0 radical (unpaired) electrons. The van der Waals surface area contributed by atoms with Gasteiger partial charge in [0.1, 0.15) is 5.76 Å². The fourth-order valence-electron chi connectivity index (χ4n) is 4.21. The normalized spacial score (nSPS) is 11.8. The van der Waals surface area contributed by atoms with Gasteiger partial charge in [0.05, 0.1) is 25.8 Å². The summed E-state index contributed by atoms with van der Waals surface area (Å²) in [4.78, 5) is 30.0. The van der Waals surface area contributed by atoms with Crippen molar-refractivity contribution in [3.63, 3.8) is 0 Å². The van der Waals surface area contributed by atoms with Crippen LogP contribution >= 0.6 is 0 Å². The number of likely N-dealkylation sites (N-methyl/N-ethyl adjacent to an activating group) is 1. The summed E-state index contributed by atoms with van der Waals surface area (Å²) in [6.07, 6.45) is 1.80. The summed E-state index contributed by atoms with van der Waals surface area (Å²) < 4.78 is 16.2. The third kappa shape index (κ3) is 5.67. The molecular weight excluding hydrogens is 468 g/mol. The molecule has 3 aromatic carbocycles. The second-order valence-electron chi connectivity index (χ2n) is 9.12. The van der Waals surface area contributed by atoms with Crippen molar-refractivity contribution in [2.75, 3.05) is 18.7 Å². The van der Waals surface area contributed by atoms with E-state index >= 15 is 0 Å².